The molecule has 0 amide bonds. The smallest absolute Gasteiger partial charge is 0.335 e. The second kappa shape index (κ2) is 27.1. The van der Waals surface area contributed by atoms with Crippen molar-refractivity contribution in [1.82, 2.24) is 0 Å². The Morgan fingerprint density at radius 1 is 0.441 bits per heavy atom. The van der Waals surface area contributed by atoms with Crippen LogP contribution < -0.4 is 35.3 Å². The van der Waals surface area contributed by atoms with E-state index in [0.29, 0.717) is 22.7 Å². The first-order valence-electron chi connectivity index (χ1n) is 49.3. The van der Waals surface area contributed by atoms with Crippen LogP contribution in [-0.2, 0) is 54.1 Å². The third-order valence-corrected chi connectivity index (χ3v) is 30.5. The van der Waals surface area contributed by atoms with Crippen molar-refractivity contribution in [3.63, 3.8) is 0 Å². The highest BCUT2D eigenvalue weighted by Gasteiger charge is 2.62. The van der Waals surface area contributed by atoms with Crippen molar-refractivity contribution < 1.29 is 24.7 Å². The SMILES string of the molecule is IB(I)I.[2H]c1c([2H])c2c3c(c1[2H])C1(C)CCCCC1(C)N3c1cc(C(C)(C([2H])([2H])[2H])C([2H])([2H])[2H])cc3c1B2c1sc2cc4c(cc2c1N3c1ccc(C(C)(C)C)cc1)C(C)(C)CCC4(C)C.[2H]c1cc2c(c([2H])c1[2H])C1(C)CCCCC1(C)N2c1cc(N(c2ccc(C(C)(C)C)cc2)c2csc3cc4c(cc23)C(C)(C)CCC4(C)C)cc(C(C)(C([2H])([2H])[2H])C([2H])([2H])[2H])c1. The molecule has 2 fully saturated rings. The quantitative estimate of drug-likeness (QED) is 0.126. The van der Waals surface area contributed by atoms with Crippen molar-refractivity contribution in [3.05, 3.63) is 206 Å². The summed E-state index contributed by atoms with van der Waals surface area (Å²) in [5.74, 6) is 0. The van der Waals surface area contributed by atoms with Crippen LogP contribution in [-0.4, -0.2) is 18.1 Å². The summed E-state index contributed by atoms with van der Waals surface area (Å²) in [6, 6.07) is 37.5. The molecule has 4 aliphatic heterocycles. The van der Waals surface area contributed by atoms with Crippen LogP contribution in [0.25, 0.3) is 20.2 Å². The van der Waals surface area contributed by atoms with Gasteiger partial charge in [-0.15, -0.1) is 89.8 Å². The molecular weight excluding hydrogens is 1720 g/mol. The number of nitrogens with zero attached hydrogens (tertiary/aromatic N) is 4. The Balaban J connectivity index is 0.000000182. The van der Waals surface area contributed by atoms with Crippen molar-refractivity contribution in [2.75, 3.05) is 19.6 Å². The van der Waals surface area contributed by atoms with E-state index in [1.807, 2.05) is 18.2 Å². The number of rotatable bonds is 5. The van der Waals surface area contributed by atoms with E-state index >= 15 is 0 Å². The molecule has 0 radical (unpaired) electrons. The summed E-state index contributed by atoms with van der Waals surface area (Å²) in [7, 11) is 0. The highest BCUT2D eigenvalue weighted by molar-refractivity contribution is 14.4. The van der Waals surface area contributed by atoms with Crippen molar-refractivity contribution in [1.29, 1.82) is 0 Å². The maximum Gasteiger partial charge on any atom is 0.355 e. The molecular formula is C100H121B2I3N4S2. The first-order valence-corrected chi connectivity index (χ1v) is 45.8. The number of benzene rings is 8. The van der Waals surface area contributed by atoms with Crippen LogP contribution in [0.4, 0.5) is 56.9 Å². The van der Waals surface area contributed by atoms with Crippen LogP contribution in [0.1, 0.15) is 323 Å². The average molecular weight is 1860 g/mol. The fraction of sp³-hybridized carbons (Fsp3) is 0.480. The molecule has 4 nitrogen and oxygen atoms in total. The van der Waals surface area contributed by atoms with E-state index in [1.165, 1.54) is 41.7 Å². The van der Waals surface area contributed by atoms with Crippen molar-refractivity contribution in [3.8, 4) is 0 Å². The van der Waals surface area contributed by atoms with Gasteiger partial charge in [-0.25, -0.2) is 0 Å². The van der Waals surface area contributed by atoms with E-state index in [1.54, 1.807) is 40.9 Å². The monoisotopic (exact) mass is 1860 g/mol. The molecule has 11 heteroatoms. The van der Waals surface area contributed by atoms with Crippen LogP contribution in [0.2, 0.25) is 0 Å². The van der Waals surface area contributed by atoms with E-state index in [2.05, 4.69) is 290 Å². The molecule has 4 atom stereocenters. The highest BCUT2D eigenvalue weighted by Crippen LogP contribution is 2.65. The fourth-order valence-electron chi connectivity index (χ4n) is 21.0. The highest BCUT2D eigenvalue weighted by atomic mass is 127. The lowest BCUT2D eigenvalue weighted by atomic mass is 9.36. The molecule has 4 unspecified atom stereocenters. The number of halogens is 3. The summed E-state index contributed by atoms with van der Waals surface area (Å²) in [5, 5.41) is 4.30. The van der Waals surface area contributed by atoms with Gasteiger partial charge in [-0.3, -0.25) is 0 Å². The van der Waals surface area contributed by atoms with Crippen molar-refractivity contribution >= 4 is 190 Å². The Hall–Kier alpha value is -4.80. The van der Waals surface area contributed by atoms with E-state index in [-0.39, 0.29) is 79.9 Å². The number of fused-ring (bicyclic) bond motifs is 15. The Bertz CT molecular complexity index is 6200. The number of thiophene rings is 2. The molecule has 111 heavy (non-hydrogen) atoms. The topological polar surface area (TPSA) is 13.0 Å². The normalized spacial score (nSPS) is 26.2. The average Bonchev–Trinajstić information content (AvgIpc) is 1.49. The number of hydrogen-bond acceptors (Lipinski definition) is 6. The summed E-state index contributed by atoms with van der Waals surface area (Å²) in [4.78, 5) is 8.90. The minimum Gasteiger partial charge on any atom is -0.335 e. The second-order valence-corrected chi connectivity index (χ2v) is 52.6. The molecule has 18 rings (SSSR count). The standard InChI is InChI=1S/C50H59BN2S.C50H62N2S.BI3/c1-45(2,3)30-18-20-32(21-19-30)52-38-26-31(46(4,5)6)27-39-41(38)51(37-17-15-16-34-43(37)53(39)50(12)23-14-13-22-49(34,50)11)44-42(52)33-28-35-36(29-40(33)54-44)48(9,10)25-24-47(35,7)8;1-45(2,3)33-19-21-35(22-20-33)51(43-32-53-44-31-41-40(30-38(43)44)47(7,8)25-26-48(41,9)10)36-27-34(46(4,5)6)28-37(29-36)52-42-18-14-13-17-39(42)49(11)23-15-16-24-50(49,52)12;2-1(3)4/h15-21,26-29H,13-14,22-25H2,1-12H3;13-14,17-22,27-32H,15-16,23-26H2,1-12H3;/i4D3,5D3,15D,16D,17D;4D3,5D3,13D,14D,17D;. The lowest BCUT2D eigenvalue weighted by Gasteiger charge is -2.52. The van der Waals surface area contributed by atoms with Gasteiger partial charge in [-0.05, 0) is 260 Å². The van der Waals surface area contributed by atoms with Gasteiger partial charge in [0.15, 0.2) is 0 Å². The maximum absolute atomic E-state index is 9.91. The van der Waals surface area contributed by atoms with Crippen LogP contribution >= 0.6 is 89.8 Å². The van der Waals surface area contributed by atoms with E-state index in [0.717, 1.165) is 164 Å². The van der Waals surface area contributed by atoms with Gasteiger partial charge in [0.2, 0.25) is 0 Å². The minimum absolute atomic E-state index is 0.0121. The third-order valence-electron chi connectivity index (χ3n) is 28.4. The van der Waals surface area contributed by atoms with Crippen LogP contribution in [0.3, 0.4) is 0 Å². The van der Waals surface area contributed by atoms with E-state index < -0.39 is 66.9 Å². The lowest BCUT2D eigenvalue weighted by Crippen LogP contribution is -2.64. The van der Waals surface area contributed by atoms with Crippen molar-refractivity contribution in [2.24, 2.45) is 0 Å². The van der Waals surface area contributed by atoms with Gasteiger partial charge in [0, 0.05) is 103 Å². The predicted octanol–water partition coefficient (Wildman–Crippen LogP) is 29.5. The molecule has 8 aromatic carbocycles. The zero-order valence-corrected chi connectivity index (χ0v) is 77.0. The van der Waals surface area contributed by atoms with Gasteiger partial charge < -0.3 is 19.6 Å². The molecule has 4 aliphatic carbocycles. The zero-order chi connectivity index (χ0) is 94.9. The molecule has 2 saturated carbocycles. The summed E-state index contributed by atoms with van der Waals surface area (Å²) in [6.45, 7) is 31.1. The summed E-state index contributed by atoms with van der Waals surface area (Å²) in [6.07, 6.45) is 11.1. The first kappa shape index (κ1) is 60.7. The molecule has 8 aliphatic rings. The molecule has 6 heterocycles. The predicted molar refractivity (Wildman–Crippen MR) is 516 cm³/mol. The van der Waals surface area contributed by atoms with Gasteiger partial charge in [-0.2, -0.15) is 0 Å². The number of hydrogen-bond donors (Lipinski definition) is 0. The molecule has 0 saturated heterocycles. The second-order valence-electron chi connectivity index (χ2n) is 39.7. The van der Waals surface area contributed by atoms with Crippen molar-refractivity contribution in [2.45, 2.75) is 308 Å². The minimum atomic E-state index is -2.92. The van der Waals surface area contributed by atoms with Gasteiger partial charge in [-0.1, -0.05) is 238 Å². The van der Waals surface area contributed by atoms with Gasteiger partial charge in [0.1, 0.15) is 0 Å². The van der Waals surface area contributed by atoms with Gasteiger partial charge in [0.05, 0.1) is 30.7 Å². The van der Waals surface area contributed by atoms with Crippen LogP contribution in [0.15, 0.2) is 151 Å². The fourth-order valence-corrected chi connectivity index (χ4v) is 23.3. The number of anilines is 10. The molecule has 10 aromatic rings. The largest absolute Gasteiger partial charge is 0.355 e. The third kappa shape index (κ3) is 12.9. The summed E-state index contributed by atoms with van der Waals surface area (Å²) < 4.78 is 167. The Morgan fingerprint density at radius 3 is 1.50 bits per heavy atom. The van der Waals surface area contributed by atoms with E-state index in [9.17, 15) is 5.48 Å². The zero-order valence-electron chi connectivity index (χ0n) is 86.8. The first-order chi connectivity index (χ1) is 59.2. The lowest BCUT2D eigenvalue weighted by molar-refractivity contribution is 0.195. The van der Waals surface area contributed by atoms with Gasteiger partial charge in [0.25, 0.3) is 6.71 Å². The Labute approximate surface area is 742 Å². The molecule has 0 spiro atoms. The molecule has 0 N–H and O–H groups in total. The molecule has 580 valence electrons. The maximum atomic E-state index is 9.91. The summed E-state index contributed by atoms with van der Waals surface area (Å²) >= 11 is 10.4. The Morgan fingerprint density at radius 2 is 0.937 bits per heavy atom. The Kier molecular flexibility index (Phi) is 14.8. The summed E-state index contributed by atoms with van der Waals surface area (Å²) in [5.41, 5.74) is 11.5. The van der Waals surface area contributed by atoms with Gasteiger partial charge >= 0.3 is 0.282 Å². The van der Waals surface area contributed by atoms with E-state index in [4.69, 9.17) is 19.2 Å². The van der Waals surface area contributed by atoms with Crippen LogP contribution in [0, 0.1) is 0 Å². The van der Waals surface area contributed by atoms with Crippen LogP contribution in [0.5, 0.6) is 0 Å². The number of para-hydroxylation sites is 2. The molecule has 0 bridgehead atoms. The molecule has 2 aromatic heterocycles.